The van der Waals surface area contributed by atoms with Crippen LogP contribution in [-0.2, 0) is 0 Å². The molecule has 0 heterocycles. The summed E-state index contributed by atoms with van der Waals surface area (Å²) in [6, 6.07) is 0.924. The zero-order chi connectivity index (χ0) is 7.97. The van der Waals surface area contributed by atoms with Gasteiger partial charge in [-0.3, -0.25) is 0 Å². The normalized spacial score (nSPS) is 45.5. The van der Waals surface area contributed by atoms with E-state index < -0.39 is 0 Å². The van der Waals surface area contributed by atoms with E-state index in [-0.39, 0.29) is 0 Å². The lowest BCUT2D eigenvalue weighted by molar-refractivity contribution is 0.480. The molecule has 0 amide bonds. The minimum atomic E-state index is 0.924. The molecule has 12 heavy (non-hydrogen) atoms. The fraction of sp³-hybridized carbons (Fsp3) is 1.00. The summed E-state index contributed by atoms with van der Waals surface area (Å²) in [5, 5.41) is 3.67. The van der Waals surface area contributed by atoms with Gasteiger partial charge in [-0.15, -0.1) is 0 Å². The lowest BCUT2D eigenvalue weighted by atomic mass is 10.0. The summed E-state index contributed by atoms with van der Waals surface area (Å²) in [6.45, 7) is 1.35. The van der Waals surface area contributed by atoms with Crippen molar-refractivity contribution in [1.29, 1.82) is 0 Å². The molecule has 3 saturated carbocycles. The van der Waals surface area contributed by atoms with Crippen LogP contribution in [0.25, 0.3) is 0 Å². The Kier molecular flexibility index (Phi) is 1.68. The van der Waals surface area contributed by atoms with Gasteiger partial charge >= 0.3 is 0 Å². The SMILES string of the molecule is C1CCC2C(C1)C2CNC1CC1. The highest BCUT2D eigenvalue weighted by molar-refractivity contribution is 5.00. The van der Waals surface area contributed by atoms with Crippen molar-refractivity contribution < 1.29 is 0 Å². The highest BCUT2D eigenvalue weighted by atomic mass is 15.0. The van der Waals surface area contributed by atoms with E-state index in [4.69, 9.17) is 0 Å². The molecule has 2 unspecified atom stereocenters. The van der Waals surface area contributed by atoms with Crippen LogP contribution in [-0.4, -0.2) is 12.6 Å². The van der Waals surface area contributed by atoms with Gasteiger partial charge in [0.05, 0.1) is 0 Å². The molecule has 3 aliphatic rings. The van der Waals surface area contributed by atoms with Crippen molar-refractivity contribution >= 4 is 0 Å². The van der Waals surface area contributed by atoms with E-state index in [0.717, 1.165) is 23.8 Å². The molecule has 1 N–H and O–H groups in total. The second-order valence-corrected chi connectivity index (χ2v) is 4.96. The summed E-state index contributed by atoms with van der Waals surface area (Å²) >= 11 is 0. The van der Waals surface area contributed by atoms with Gasteiger partial charge in [0.25, 0.3) is 0 Å². The molecule has 3 aliphatic carbocycles. The van der Waals surface area contributed by atoms with Crippen LogP contribution in [0.1, 0.15) is 38.5 Å². The van der Waals surface area contributed by atoms with Crippen LogP contribution >= 0.6 is 0 Å². The number of hydrogen-bond acceptors (Lipinski definition) is 1. The molecule has 1 nitrogen and oxygen atoms in total. The molecule has 0 aromatic rings. The van der Waals surface area contributed by atoms with Crippen molar-refractivity contribution in [3.8, 4) is 0 Å². The van der Waals surface area contributed by atoms with Gasteiger partial charge in [-0.05, 0) is 50.0 Å². The maximum Gasteiger partial charge on any atom is 0.00683 e. The molecule has 3 rings (SSSR count). The second kappa shape index (κ2) is 2.73. The van der Waals surface area contributed by atoms with Gasteiger partial charge in [0.1, 0.15) is 0 Å². The Labute approximate surface area is 74.9 Å². The molecule has 3 fully saturated rings. The highest BCUT2D eigenvalue weighted by Gasteiger charge is 2.50. The number of rotatable bonds is 3. The van der Waals surface area contributed by atoms with Crippen molar-refractivity contribution in [2.45, 2.75) is 44.6 Å². The van der Waals surface area contributed by atoms with Crippen LogP contribution in [0.15, 0.2) is 0 Å². The first-order chi connectivity index (χ1) is 5.95. The Morgan fingerprint density at radius 1 is 0.917 bits per heavy atom. The molecule has 0 spiro atoms. The van der Waals surface area contributed by atoms with Crippen molar-refractivity contribution in [2.24, 2.45) is 17.8 Å². The third-order valence-electron chi connectivity index (χ3n) is 4.05. The quantitative estimate of drug-likeness (QED) is 0.676. The number of hydrogen-bond donors (Lipinski definition) is 1. The highest BCUT2D eigenvalue weighted by Crippen LogP contribution is 2.55. The summed E-state index contributed by atoms with van der Waals surface area (Å²) in [5.41, 5.74) is 0. The summed E-state index contributed by atoms with van der Waals surface area (Å²) in [6.07, 6.45) is 9.01. The predicted octanol–water partition coefficient (Wildman–Crippen LogP) is 2.17. The Morgan fingerprint density at radius 2 is 1.58 bits per heavy atom. The van der Waals surface area contributed by atoms with Crippen LogP contribution in [0, 0.1) is 17.8 Å². The maximum atomic E-state index is 3.67. The third kappa shape index (κ3) is 1.28. The van der Waals surface area contributed by atoms with Crippen LogP contribution in [0.2, 0.25) is 0 Å². The maximum absolute atomic E-state index is 3.67. The predicted molar refractivity (Wildman–Crippen MR) is 50.0 cm³/mol. The summed E-state index contributed by atoms with van der Waals surface area (Å²) < 4.78 is 0. The molecular weight excluding hydrogens is 146 g/mol. The van der Waals surface area contributed by atoms with Gasteiger partial charge in [-0.1, -0.05) is 12.8 Å². The first-order valence-electron chi connectivity index (χ1n) is 5.68. The van der Waals surface area contributed by atoms with Gasteiger partial charge < -0.3 is 5.32 Å². The van der Waals surface area contributed by atoms with Crippen LogP contribution in [0.3, 0.4) is 0 Å². The number of fused-ring (bicyclic) bond motifs is 1. The molecule has 0 aromatic carbocycles. The smallest absolute Gasteiger partial charge is 0.00683 e. The van der Waals surface area contributed by atoms with Crippen LogP contribution in [0.4, 0.5) is 0 Å². The first kappa shape index (κ1) is 7.37. The van der Waals surface area contributed by atoms with E-state index in [9.17, 15) is 0 Å². The molecule has 68 valence electrons. The van der Waals surface area contributed by atoms with E-state index in [1.54, 1.807) is 12.8 Å². The first-order valence-corrected chi connectivity index (χ1v) is 5.68. The van der Waals surface area contributed by atoms with E-state index >= 15 is 0 Å². The van der Waals surface area contributed by atoms with Gasteiger partial charge in [0.2, 0.25) is 0 Å². The van der Waals surface area contributed by atoms with Crippen molar-refractivity contribution in [2.75, 3.05) is 6.54 Å². The minimum Gasteiger partial charge on any atom is -0.314 e. The van der Waals surface area contributed by atoms with Crippen molar-refractivity contribution in [1.82, 2.24) is 5.32 Å². The van der Waals surface area contributed by atoms with Crippen LogP contribution in [0.5, 0.6) is 0 Å². The molecule has 0 aliphatic heterocycles. The Hall–Kier alpha value is -0.0400. The molecule has 0 radical (unpaired) electrons. The zero-order valence-corrected chi connectivity index (χ0v) is 7.76. The fourth-order valence-electron chi connectivity index (χ4n) is 3.03. The minimum absolute atomic E-state index is 0.924. The Bertz CT molecular complexity index is 162. The average molecular weight is 165 g/mol. The van der Waals surface area contributed by atoms with Gasteiger partial charge in [-0.2, -0.15) is 0 Å². The summed E-state index contributed by atoms with van der Waals surface area (Å²) in [4.78, 5) is 0. The van der Waals surface area contributed by atoms with E-state index in [1.807, 2.05) is 0 Å². The second-order valence-electron chi connectivity index (χ2n) is 4.96. The van der Waals surface area contributed by atoms with E-state index in [2.05, 4.69) is 5.32 Å². The zero-order valence-electron chi connectivity index (χ0n) is 7.76. The van der Waals surface area contributed by atoms with Crippen molar-refractivity contribution in [3.05, 3.63) is 0 Å². The standard InChI is InChI=1S/C11H19N/c1-2-4-10-9(3-1)11(10)7-12-8-5-6-8/h8-12H,1-7H2. The van der Waals surface area contributed by atoms with Gasteiger partial charge in [-0.25, -0.2) is 0 Å². The average Bonchev–Trinajstić information content (AvgIpc) is 2.97. The number of nitrogens with one attached hydrogen (secondary N) is 1. The Balaban J connectivity index is 1.45. The molecule has 0 aromatic heterocycles. The third-order valence-corrected chi connectivity index (χ3v) is 4.05. The molecule has 2 atom stereocenters. The topological polar surface area (TPSA) is 12.0 Å². The lowest BCUT2D eigenvalue weighted by Crippen LogP contribution is -2.19. The summed E-state index contributed by atoms with van der Waals surface area (Å²) in [5.74, 6) is 3.38. The lowest BCUT2D eigenvalue weighted by Gasteiger charge is -2.04. The fourth-order valence-corrected chi connectivity index (χ4v) is 3.03. The summed E-state index contributed by atoms with van der Waals surface area (Å²) in [7, 11) is 0. The van der Waals surface area contributed by atoms with E-state index in [1.165, 1.54) is 32.2 Å². The Morgan fingerprint density at radius 3 is 2.17 bits per heavy atom. The van der Waals surface area contributed by atoms with Gasteiger partial charge in [0.15, 0.2) is 0 Å². The monoisotopic (exact) mass is 165 g/mol. The largest absolute Gasteiger partial charge is 0.314 e. The molecule has 1 heteroatoms. The van der Waals surface area contributed by atoms with Gasteiger partial charge in [0, 0.05) is 6.04 Å². The molecule has 0 saturated heterocycles. The molecular formula is C11H19N. The van der Waals surface area contributed by atoms with Crippen LogP contribution < -0.4 is 5.32 Å². The van der Waals surface area contributed by atoms with Crippen molar-refractivity contribution in [3.63, 3.8) is 0 Å². The van der Waals surface area contributed by atoms with E-state index in [0.29, 0.717) is 0 Å². The molecule has 0 bridgehead atoms.